The minimum atomic E-state index is -1.34. The Kier molecular flexibility index (Phi) is 3.46. The summed E-state index contributed by atoms with van der Waals surface area (Å²) in [6.07, 6.45) is 2.14. The van der Waals surface area contributed by atoms with Gasteiger partial charge in [-0.1, -0.05) is 34.1 Å². The number of halogens is 1. The predicted molar refractivity (Wildman–Crippen MR) is 95.4 cm³/mol. The highest BCUT2D eigenvalue weighted by Crippen LogP contribution is 2.40. The molecule has 4 rings (SSSR count). The van der Waals surface area contributed by atoms with Crippen molar-refractivity contribution in [2.75, 3.05) is 0 Å². The van der Waals surface area contributed by atoms with Crippen molar-refractivity contribution < 1.29 is 14.6 Å². The summed E-state index contributed by atoms with van der Waals surface area (Å²) in [4.78, 5) is 18.6. The smallest absolute Gasteiger partial charge is 0.449 e. The zero-order chi connectivity index (χ0) is 16.7. The molecule has 0 aliphatic heterocycles. The average molecular weight is 383 g/mol. The number of benzene rings is 2. The fourth-order valence-electron chi connectivity index (χ4n) is 2.82. The number of H-pyrrole nitrogens is 1. The summed E-state index contributed by atoms with van der Waals surface area (Å²) in [5.74, 6) is 0.304. The number of hydrogen-bond acceptors (Lipinski definition) is 3. The van der Waals surface area contributed by atoms with Gasteiger partial charge >= 0.3 is 6.16 Å². The van der Waals surface area contributed by atoms with Gasteiger partial charge in [0.25, 0.3) is 0 Å². The molecule has 0 aliphatic rings. The molecular weight excluding hydrogens is 372 g/mol. The molecule has 5 nitrogen and oxygen atoms in total. The Hall–Kier alpha value is -2.86. The monoisotopic (exact) mass is 382 g/mol. The van der Waals surface area contributed by atoms with Crippen molar-refractivity contribution in [2.24, 2.45) is 0 Å². The third-order valence-corrected chi connectivity index (χ3v) is 4.39. The van der Waals surface area contributed by atoms with E-state index in [1.54, 1.807) is 12.4 Å². The molecular formula is C18H11BrN2O3. The summed E-state index contributed by atoms with van der Waals surface area (Å²) in [6.45, 7) is 0. The van der Waals surface area contributed by atoms with Crippen LogP contribution in [0.1, 0.15) is 0 Å². The molecule has 4 aromatic rings. The van der Waals surface area contributed by atoms with Crippen LogP contribution in [-0.4, -0.2) is 21.2 Å². The average Bonchev–Trinajstić information content (AvgIpc) is 2.94. The first-order chi connectivity index (χ1) is 11.6. The van der Waals surface area contributed by atoms with Gasteiger partial charge in [-0.15, -0.1) is 0 Å². The lowest BCUT2D eigenvalue weighted by Crippen LogP contribution is -2.03. The van der Waals surface area contributed by atoms with E-state index < -0.39 is 6.16 Å². The summed E-state index contributed by atoms with van der Waals surface area (Å²) in [6, 6.07) is 13.2. The zero-order valence-electron chi connectivity index (χ0n) is 12.3. The topological polar surface area (TPSA) is 75.2 Å². The van der Waals surface area contributed by atoms with Crippen LogP contribution >= 0.6 is 15.9 Å². The van der Waals surface area contributed by atoms with Crippen molar-refractivity contribution >= 4 is 43.8 Å². The molecule has 6 heteroatoms. The number of nitrogens with zero attached hydrogens (tertiary/aromatic N) is 1. The molecule has 0 aliphatic carbocycles. The summed E-state index contributed by atoms with van der Waals surface area (Å²) in [7, 11) is 0. The van der Waals surface area contributed by atoms with Crippen LogP contribution in [0, 0.1) is 0 Å². The number of rotatable bonds is 2. The molecule has 0 radical (unpaired) electrons. The second-order valence-corrected chi connectivity index (χ2v) is 6.20. The maximum Gasteiger partial charge on any atom is 0.511 e. The lowest BCUT2D eigenvalue weighted by molar-refractivity contribution is 0.145. The number of aromatic nitrogens is 2. The Morgan fingerprint density at radius 3 is 2.62 bits per heavy atom. The zero-order valence-corrected chi connectivity index (χ0v) is 13.9. The fourth-order valence-corrected chi connectivity index (χ4v) is 3.09. The molecule has 0 amide bonds. The quantitative estimate of drug-likeness (QED) is 0.467. The molecule has 2 heterocycles. The molecule has 2 aromatic heterocycles. The van der Waals surface area contributed by atoms with Crippen molar-refractivity contribution in [3.05, 3.63) is 59.3 Å². The van der Waals surface area contributed by atoms with Gasteiger partial charge in [-0.05, 0) is 24.3 Å². The lowest BCUT2D eigenvalue weighted by Gasteiger charge is -2.04. The van der Waals surface area contributed by atoms with E-state index in [1.807, 2.05) is 42.5 Å². The molecule has 2 N–H and O–H groups in total. The number of hydrogen-bond donors (Lipinski definition) is 2. The van der Waals surface area contributed by atoms with E-state index in [2.05, 4.69) is 25.9 Å². The summed E-state index contributed by atoms with van der Waals surface area (Å²) < 4.78 is 6.03. The molecule has 0 unspecified atom stereocenters. The van der Waals surface area contributed by atoms with E-state index in [4.69, 9.17) is 9.84 Å². The summed E-state index contributed by atoms with van der Waals surface area (Å²) in [5, 5.41) is 11.8. The molecule has 0 atom stereocenters. The number of ether oxygens (including phenoxy) is 1. The minimum Gasteiger partial charge on any atom is -0.449 e. The van der Waals surface area contributed by atoms with Crippen LogP contribution in [0.4, 0.5) is 4.79 Å². The van der Waals surface area contributed by atoms with Crippen LogP contribution in [-0.2, 0) is 0 Å². The number of aromatic amines is 1. The van der Waals surface area contributed by atoms with Crippen molar-refractivity contribution in [1.82, 2.24) is 9.97 Å². The first kappa shape index (κ1) is 14.7. The number of nitrogens with one attached hydrogen (secondary N) is 1. The second-order valence-electron chi connectivity index (χ2n) is 5.29. The van der Waals surface area contributed by atoms with Gasteiger partial charge in [-0.3, -0.25) is 4.98 Å². The van der Waals surface area contributed by atoms with Crippen LogP contribution in [0.25, 0.3) is 32.9 Å². The van der Waals surface area contributed by atoms with Gasteiger partial charge in [0.05, 0.1) is 11.2 Å². The van der Waals surface area contributed by atoms with Crippen LogP contribution in [0.15, 0.2) is 59.3 Å². The Labute approximate surface area is 145 Å². The normalized spacial score (nSPS) is 11.0. The van der Waals surface area contributed by atoms with E-state index in [9.17, 15) is 4.79 Å². The van der Waals surface area contributed by atoms with Gasteiger partial charge in [0, 0.05) is 38.6 Å². The highest BCUT2D eigenvalue weighted by atomic mass is 79.9. The number of carbonyl (C=O) groups is 1. The Bertz CT molecular complexity index is 1070. The van der Waals surface area contributed by atoms with E-state index >= 15 is 0 Å². The summed E-state index contributed by atoms with van der Waals surface area (Å²) >= 11 is 3.40. The van der Waals surface area contributed by atoms with Gasteiger partial charge in [0.15, 0.2) is 5.75 Å². The molecule has 0 fully saturated rings. The largest absolute Gasteiger partial charge is 0.511 e. The van der Waals surface area contributed by atoms with Gasteiger partial charge < -0.3 is 14.8 Å². The van der Waals surface area contributed by atoms with Crippen molar-refractivity contribution in [3.63, 3.8) is 0 Å². The lowest BCUT2D eigenvalue weighted by atomic mass is 10.1. The predicted octanol–water partition coefficient (Wildman–Crippen LogP) is 5.20. The summed E-state index contributed by atoms with van der Waals surface area (Å²) in [5.41, 5.74) is 2.29. The molecule has 0 saturated carbocycles. The second kappa shape index (κ2) is 5.65. The number of carboxylic acid groups (broad SMARTS) is 1. The fraction of sp³-hybridized carbons (Fsp3) is 0. The van der Waals surface area contributed by atoms with Gasteiger partial charge in [-0.2, -0.15) is 0 Å². The maximum absolute atomic E-state index is 11.2. The van der Waals surface area contributed by atoms with Crippen LogP contribution in [0.5, 0.6) is 5.75 Å². The van der Waals surface area contributed by atoms with E-state index in [1.165, 1.54) is 0 Å². The van der Waals surface area contributed by atoms with Gasteiger partial charge in [0.2, 0.25) is 0 Å². The van der Waals surface area contributed by atoms with Gasteiger partial charge in [-0.25, -0.2) is 4.79 Å². The van der Waals surface area contributed by atoms with E-state index in [0.29, 0.717) is 16.8 Å². The molecule has 0 saturated heterocycles. The maximum atomic E-state index is 11.2. The highest BCUT2D eigenvalue weighted by molar-refractivity contribution is 9.10. The Morgan fingerprint density at radius 2 is 1.88 bits per heavy atom. The SMILES string of the molecule is O=C(O)Oc1c(-c2ccc(Br)cc2)[nH]c2c1ccc1cnccc12. The van der Waals surface area contributed by atoms with Crippen molar-refractivity contribution in [3.8, 4) is 17.0 Å². The third-order valence-electron chi connectivity index (χ3n) is 3.86. The Morgan fingerprint density at radius 1 is 1.08 bits per heavy atom. The van der Waals surface area contributed by atoms with E-state index in [0.717, 1.165) is 26.3 Å². The third kappa shape index (κ3) is 2.41. The molecule has 24 heavy (non-hydrogen) atoms. The van der Waals surface area contributed by atoms with E-state index in [-0.39, 0.29) is 0 Å². The van der Waals surface area contributed by atoms with Crippen LogP contribution < -0.4 is 4.74 Å². The first-order valence-electron chi connectivity index (χ1n) is 7.18. The van der Waals surface area contributed by atoms with Crippen molar-refractivity contribution in [1.29, 1.82) is 0 Å². The van der Waals surface area contributed by atoms with Crippen LogP contribution in [0.3, 0.4) is 0 Å². The Balaban J connectivity index is 2.05. The molecule has 2 aromatic carbocycles. The van der Waals surface area contributed by atoms with Crippen molar-refractivity contribution in [2.45, 2.75) is 0 Å². The molecule has 0 bridgehead atoms. The number of pyridine rings is 1. The highest BCUT2D eigenvalue weighted by Gasteiger charge is 2.18. The van der Waals surface area contributed by atoms with Gasteiger partial charge in [0.1, 0.15) is 0 Å². The molecule has 0 spiro atoms. The molecule has 118 valence electrons. The number of fused-ring (bicyclic) bond motifs is 3. The first-order valence-corrected chi connectivity index (χ1v) is 7.98. The standard InChI is InChI=1S/C18H11BrN2O3/c19-12-4-1-10(2-5-12)15-17(24-18(22)23)14-6-3-11-9-20-8-7-13(11)16(14)21-15/h1-9,21H,(H,22,23). The minimum absolute atomic E-state index is 0.304. The van der Waals surface area contributed by atoms with Crippen LogP contribution in [0.2, 0.25) is 0 Å².